The van der Waals surface area contributed by atoms with E-state index in [2.05, 4.69) is 21.6 Å². The second kappa shape index (κ2) is 12.0. The number of nitrogens with one attached hydrogen (secondary N) is 1. The van der Waals surface area contributed by atoms with Gasteiger partial charge < -0.3 is 10.1 Å². The molecule has 6 nitrogen and oxygen atoms in total. The van der Waals surface area contributed by atoms with Crippen LogP contribution < -0.4 is 10.1 Å². The van der Waals surface area contributed by atoms with Gasteiger partial charge in [0.15, 0.2) is 11.0 Å². The molecule has 0 aliphatic heterocycles. The van der Waals surface area contributed by atoms with E-state index in [-0.39, 0.29) is 18.3 Å². The van der Waals surface area contributed by atoms with Crippen molar-refractivity contribution in [3.8, 4) is 11.4 Å². The second-order valence-electron chi connectivity index (χ2n) is 8.04. The molecule has 0 fully saturated rings. The van der Waals surface area contributed by atoms with Gasteiger partial charge >= 0.3 is 0 Å². The average Bonchev–Trinajstić information content (AvgIpc) is 3.25. The van der Waals surface area contributed by atoms with Gasteiger partial charge in [-0.2, -0.15) is 0 Å². The summed E-state index contributed by atoms with van der Waals surface area (Å²) in [5.74, 6) is 1.09. The van der Waals surface area contributed by atoms with Crippen LogP contribution in [0.1, 0.15) is 22.5 Å². The van der Waals surface area contributed by atoms with Crippen LogP contribution in [0.4, 0.5) is 0 Å². The van der Waals surface area contributed by atoms with Gasteiger partial charge in [-0.1, -0.05) is 76.9 Å². The summed E-state index contributed by atoms with van der Waals surface area (Å²) >= 11 is 19.7. The number of halogens is 3. The fourth-order valence-electron chi connectivity index (χ4n) is 3.44. The molecule has 186 valence electrons. The Labute approximate surface area is 228 Å². The van der Waals surface area contributed by atoms with Gasteiger partial charge in [-0.15, -0.1) is 10.2 Å². The van der Waals surface area contributed by atoms with Crippen molar-refractivity contribution in [1.82, 2.24) is 20.1 Å². The summed E-state index contributed by atoms with van der Waals surface area (Å²) in [7, 11) is 0. The third-order valence-electron chi connectivity index (χ3n) is 5.32. The third-order valence-corrected chi connectivity index (χ3v) is 7.15. The van der Waals surface area contributed by atoms with Gasteiger partial charge in [0.2, 0.25) is 5.91 Å². The number of thioether (sulfide) groups is 1. The number of hydrogen-bond donors (Lipinski definition) is 1. The van der Waals surface area contributed by atoms with E-state index in [1.807, 2.05) is 48.7 Å². The standard InChI is InChI=1S/C26H23Cl3N4O2S/c1-16-7-8-17(2)22(11-16)33-24(14-35-23-10-9-19(27)12-21(23)29)31-32-26(33)36-15-25(34)30-13-18-5-3-4-6-20(18)28/h3-12H,13-15H2,1-2H3,(H,30,34). The molecule has 1 aromatic heterocycles. The molecule has 1 heterocycles. The van der Waals surface area contributed by atoms with Crippen molar-refractivity contribution in [3.05, 3.63) is 98.2 Å². The first kappa shape index (κ1) is 26.4. The lowest BCUT2D eigenvalue weighted by atomic mass is 10.1. The van der Waals surface area contributed by atoms with Gasteiger partial charge in [0.1, 0.15) is 12.4 Å². The maximum atomic E-state index is 12.6. The molecule has 1 amide bonds. The van der Waals surface area contributed by atoms with Crippen molar-refractivity contribution in [2.75, 3.05) is 5.75 Å². The van der Waals surface area contributed by atoms with Crippen LogP contribution in [0.3, 0.4) is 0 Å². The summed E-state index contributed by atoms with van der Waals surface area (Å²) in [5.41, 5.74) is 3.90. The first-order valence-corrected chi connectivity index (χ1v) is 13.2. The number of aryl methyl sites for hydroxylation is 2. The number of benzene rings is 3. The Morgan fingerprint density at radius 2 is 1.81 bits per heavy atom. The van der Waals surface area contributed by atoms with Gasteiger partial charge in [0, 0.05) is 16.6 Å². The molecule has 0 unspecified atom stereocenters. The molecule has 4 rings (SSSR count). The largest absolute Gasteiger partial charge is 0.484 e. The molecule has 3 aromatic carbocycles. The number of carbonyl (C=O) groups excluding carboxylic acids is 1. The fraction of sp³-hybridized carbons (Fsp3) is 0.192. The van der Waals surface area contributed by atoms with E-state index in [1.165, 1.54) is 11.8 Å². The van der Waals surface area contributed by atoms with Crippen molar-refractivity contribution in [3.63, 3.8) is 0 Å². The minimum Gasteiger partial charge on any atom is -0.484 e. The predicted octanol–water partition coefficient (Wildman–Crippen LogP) is 6.83. The quantitative estimate of drug-likeness (QED) is 0.227. The SMILES string of the molecule is Cc1ccc(C)c(-n2c(COc3ccc(Cl)cc3Cl)nnc2SCC(=O)NCc2ccccc2Cl)c1. The predicted molar refractivity (Wildman–Crippen MR) is 146 cm³/mol. The normalized spacial score (nSPS) is 10.9. The maximum absolute atomic E-state index is 12.6. The molecule has 0 saturated heterocycles. The Morgan fingerprint density at radius 3 is 2.58 bits per heavy atom. The molecule has 0 atom stereocenters. The lowest BCUT2D eigenvalue weighted by Gasteiger charge is -2.14. The van der Waals surface area contributed by atoms with Crippen molar-refractivity contribution in [1.29, 1.82) is 0 Å². The molecular weight excluding hydrogens is 539 g/mol. The van der Waals surface area contributed by atoms with Crippen molar-refractivity contribution < 1.29 is 9.53 Å². The van der Waals surface area contributed by atoms with Crippen molar-refractivity contribution >= 4 is 52.5 Å². The molecule has 0 radical (unpaired) electrons. The number of nitrogens with zero attached hydrogens (tertiary/aromatic N) is 3. The van der Waals surface area contributed by atoms with Gasteiger partial charge in [0.05, 0.1) is 16.5 Å². The summed E-state index contributed by atoms with van der Waals surface area (Å²) in [6, 6.07) is 18.6. The van der Waals surface area contributed by atoms with Crippen LogP contribution in [-0.2, 0) is 17.9 Å². The van der Waals surface area contributed by atoms with Crippen LogP contribution in [0.15, 0.2) is 65.8 Å². The van der Waals surface area contributed by atoms with E-state index in [9.17, 15) is 4.79 Å². The summed E-state index contributed by atoms with van der Waals surface area (Å²) in [4.78, 5) is 12.6. The summed E-state index contributed by atoms with van der Waals surface area (Å²) < 4.78 is 7.85. The van der Waals surface area contributed by atoms with Crippen LogP contribution >= 0.6 is 46.6 Å². The molecule has 0 saturated carbocycles. The highest BCUT2D eigenvalue weighted by molar-refractivity contribution is 7.99. The van der Waals surface area contributed by atoms with Crippen LogP contribution in [0.2, 0.25) is 15.1 Å². The molecule has 10 heteroatoms. The summed E-state index contributed by atoms with van der Waals surface area (Å²) in [6.45, 7) is 4.51. The van der Waals surface area contributed by atoms with E-state index in [1.54, 1.807) is 24.3 Å². The third kappa shape index (κ3) is 6.53. The highest BCUT2D eigenvalue weighted by Gasteiger charge is 2.19. The van der Waals surface area contributed by atoms with Gasteiger partial charge in [-0.25, -0.2) is 0 Å². The van der Waals surface area contributed by atoms with E-state index < -0.39 is 0 Å². The lowest BCUT2D eigenvalue weighted by Crippen LogP contribution is -2.24. The van der Waals surface area contributed by atoms with Crippen LogP contribution in [0, 0.1) is 13.8 Å². The van der Waals surface area contributed by atoms with Crippen LogP contribution in [-0.4, -0.2) is 26.4 Å². The second-order valence-corrected chi connectivity index (χ2v) is 10.2. The fourth-order valence-corrected chi connectivity index (χ4v) is 4.90. The van der Waals surface area contributed by atoms with E-state index in [4.69, 9.17) is 39.5 Å². The Balaban J connectivity index is 1.52. The Kier molecular flexibility index (Phi) is 8.80. The average molecular weight is 562 g/mol. The summed E-state index contributed by atoms with van der Waals surface area (Å²) in [6.07, 6.45) is 0. The van der Waals surface area contributed by atoms with E-state index in [0.29, 0.717) is 38.3 Å². The van der Waals surface area contributed by atoms with Crippen LogP contribution in [0.5, 0.6) is 5.75 Å². The lowest BCUT2D eigenvalue weighted by molar-refractivity contribution is -0.118. The monoisotopic (exact) mass is 560 g/mol. The van der Waals surface area contributed by atoms with E-state index >= 15 is 0 Å². The molecule has 1 N–H and O–H groups in total. The van der Waals surface area contributed by atoms with Gasteiger partial charge in [-0.3, -0.25) is 9.36 Å². The molecule has 0 aliphatic rings. The van der Waals surface area contributed by atoms with Crippen molar-refractivity contribution in [2.24, 2.45) is 0 Å². The topological polar surface area (TPSA) is 69.0 Å². The molecule has 0 bridgehead atoms. The number of rotatable bonds is 9. The van der Waals surface area contributed by atoms with Crippen LogP contribution in [0.25, 0.3) is 5.69 Å². The minimum absolute atomic E-state index is 0.126. The number of hydrogen-bond acceptors (Lipinski definition) is 5. The first-order chi connectivity index (χ1) is 17.3. The molecule has 0 aliphatic carbocycles. The Morgan fingerprint density at radius 1 is 1.00 bits per heavy atom. The number of aromatic nitrogens is 3. The zero-order valence-electron chi connectivity index (χ0n) is 19.6. The maximum Gasteiger partial charge on any atom is 0.230 e. The molecular formula is C26H23Cl3N4O2S. The first-order valence-electron chi connectivity index (χ1n) is 11.0. The highest BCUT2D eigenvalue weighted by Crippen LogP contribution is 2.30. The summed E-state index contributed by atoms with van der Waals surface area (Å²) in [5, 5.41) is 13.7. The number of ether oxygens (including phenoxy) is 1. The molecule has 36 heavy (non-hydrogen) atoms. The zero-order valence-corrected chi connectivity index (χ0v) is 22.7. The van der Waals surface area contributed by atoms with Gasteiger partial charge in [-0.05, 0) is 60.9 Å². The Bertz CT molecular complexity index is 1390. The number of carbonyl (C=O) groups is 1. The molecule has 0 spiro atoms. The van der Waals surface area contributed by atoms with Crippen molar-refractivity contribution in [2.45, 2.75) is 32.2 Å². The zero-order chi connectivity index (χ0) is 25.7. The molecule has 4 aromatic rings. The highest BCUT2D eigenvalue weighted by atomic mass is 35.5. The van der Waals surface area contributed by atoms with E-state index in [0.717, 1.165) is 22.4 Å². The minimum atomic E-state index is -0.138. The number of amides is 1. The van der Waals surface area contributed by atoms with Gasteiger partial charge in [0.25, 0.3) is 0 Å². The smallest absolute Gasteiger partial charge is 0.230 e. The Hall–Kier alpha value is -2.71.